The molecule has 0 fully saturated rings. The van der Waals surface area contributed by atoms with Crippen LogP contribution in [0.25, 0.3) is 0 Å². The molecule has 1 unspecified atom stereocenters. The van der Waals surface area contributed by atoms with Gasteiger partial charge in [0.25, 0.3) is 0 Å². The van der Waals surface area contributed by atoms with Gasteiger partial charge in [-0.15, -0.1) is 0 Å². The van der Waals surface area contributed by atoms with Crippen LogP contribution in [0.3, 0.4) is 0 Å². The smallest absolute Gasteiger partial charge is 0.00772 e. The number of allylic oxidation sites excluding steroid dienone is 2. The first-order valence-corrected chi connectivity index (χ1v) is 5.74. The molecule has 0 radical (unpaired) electrons. The SMILES string of the molecule is C=CC(=C)CCC(CCC)CCCN. The maximum Gasteiger partial charge on any atom is -0.00772 e. The molecule has 0 aromatic rings. The van der Waals surface area contributed by atoms with Crippen LogP contribution in [0.5, 0.6) is 0 Å². The van der Waals surface area contributed by atoms with Crippen LogP contribution in [-0.4, -0.2) is 6.54 Å². The lowest BCUT2D eigenvalue weighted by Crippen LogP contribution is -2.05. The molecule has 82 valence electrons. The molecule has 14 heavy (non-hydrogen) atoms. The van der Waals surface area contributed by atoms with Gasteiger partial charge >= 0.3 is 0 Å². The van der Waals surface area contributed by atoms with Gasteiger partial charge in [0.05, 0.1) is 0 Å². The molecule has 0 saturated carbocycles. The Morgan fingerprint density at radius 3 is 2.57 bits per heavy atom. The van der Waals surface area contributed by atoms with Crippen molar-refractivity contribution in [3.8, 4) is 0 Å². The molecule has 1 heteroatoms. The third kappa shape index (κ3) is 6.90. The molecule has 0 aromatic carbocycles. The minimum Gasteiger partial charge on any atom is -0.330 e. The molecule has 0 aliphatic heterocycles. The lowest BCUT2D eigenvalue weighted by atomic mass is 9.91. The van der Waals surface area contributed by atoms with E-state index in [1.165, 1.54) is 31.3 Å². The molecule has 0 bridgehead atoms. The molecule has 0 aromatic heterocycles. The van der Waals surface area contributed by atoms with Crippen molar-refractivity contribution in [2.24, 2.45) is 11.7 Å². The summed E-state index contributed by atoms with van der Waals surface area (Å²) in [7, 11) is 0. The highest BCUT2D eigenvalue weighted by Gasteiger charge is 2.06. The van der Waals surface area contributed by atoms with Crippen molar-refractivity contribution in [3.63, 3.8) is 0 Å². The molecule has 1 nitrogen and oxygen atoms in total. The fourth-order valence-corrected chi connectivity index (χ4v) is 1.74. The summed E-state index contributed by atoms with van der Waals surface area (Å²) in [6, 6.07) is 0. The molecule has 0 aliphatic carbocycles. The van der Waals surface area contributed by atoms with Crippen molar-refractivity contribution in [2.75, 3.05) is 6.54 Å². The number of hydrogen-bond acceptors (Lipinski definition) is 1. The molecule has 0 rings (SSSR count). The van der Waals surface area contributed by atoms with E-state index in [9.17, 15) is 0 Å². The van der Waals surface area contributed by atoms with Crippen molar-refractivity contribution in [2.45, 2.75) is 45.4 Å². The maximum absolute atomic E-state index is 5.52. The van der Waals surface area contributed by atoms with Crippen LogP contribution in [-0.2, 0) is 0 Å². The van der Waals surface area contributed by atoms with E-state index in [1.807, 2.05) is 6.08 Å². The largest absolute Gasteiger partial charge is 0.330 e. The van der Waals surface area contributed by atoms with Gasteiger partial charge in [-0.3, -0.25) is 0 Å². The van der Waals surface area contributed by atoms with Gasteiger partial charge in [0, 0.05) is 0 Å². The molecule has 0 saturated heterocycles. The Hall–Kier alpha value is -0.560. The van der Waals surface area contributed by atoms with Gasteiger partial charge in [0.2, 0.25) is 0 Å². The molecule has 0 spiro atoms. The summed E-state index contributed by atoms with van der Waals surface area (Å²) < 4.78 is 0. The summed E-state index contributed by atoms with van der Waals surface area (Å²) in [4.78, 5) is 0. The molecular weight excluding hydrogens is 170 g/mol. The third-order valence-electron chi connectivity index (χ3n) is 2.68. The van der Waals surface area contributed by atoms with E-state index < -0.39 is 0 Å². The zero-order chi connectivity index (χ0) is 10.8. The molecule has 0 amide bonds. The fraction of sp³-hybridized carbons (Fsp3) is 0.692. The van der Waals surface area contributed by atoms with Gasteiger partial charge in [-0.1, -0.05) is 44.6 Å². The second-order valence-electron chi connectivity index (χ2n) is 3.99. The first-order valence-electron chi connectivity index (χ1n) is 5.74. The van der Waals surface area contributed by atoms with Crippen LogP contribution in [0.2, 0.25) is 0 Å². The first-order chi connectivity index (χ1) is 6.74. The summed E-state index contributed by atoms with van der Waals surface area (Å²) in [6.45, 7) is 10.7. The second-order valence-corrected chi connectivity index (χ2v) is 3.99. The molecule has 0 heterocycles. The quantitative estimate of drug-likeness (QED) is 0.558. The predicted octanol–water partition coefficient (Wildman–Crippen LogP) is 3.66. The Labute approximate surface area is 89.1 Å². The van der Waals surface area contributed by atoms with Gasteiger partial charge < -0.3 is 5.73 Å². The summed E-state index contributed by atoms with van der Waals surface area (Å²) in [5, 5.41) is 0. The third-order valence-corrected chi connectivity index (χ3v) is 2.68. The van der Waals surface area contributed by atoms with E-state index in [2.05, 4.69) is 20.1 Å². The monoisotopic (exact) mass is 195 g/mol. The molecule has 0 aliphatic rings. The Kier molecular flexibility index (Phi) is 8.65. The molecule has 2 N–H and O–H groups in total. The summed E-state index contributed by atoms with van der Waals surface area (Å²) >= 11 is 0. The highest BCUT2D eigenvalue weighted by atomic mass is 14.5. The highest BCUT2D eigenvalue weighted by Crippen LogP contribution is 2.21. The van der Waals surface area contributed by atoms with Crippen LogP contribution < -0.4 is 5.73 Å². The van der Waals surface area contributed by atoms with Crippen LogP contribution in [0, 0.1) is 5.92 Å². The van der Waals surface area contributed by atoms with Crippen LogP contribution in [0.15, 0.2) is 24.8 Å². The minimum absolute atomic E-state index is 0.822. The van der Waals surface area contributed by atoms with Gasteiger partial charge in [0.15, 0.2) is 0 Å². The van der Waals surface area contributed by atoms with E-state index in [0.29, 0.717) is 0 Å². The fourth-order valence-electron chi connectivity index (χ4n) is 1.74. The van der Waals surface area contributed by atoms with Crippen LogP contribution in [0.1, 0.15) is 45.4 Å². The van der Waals surface area contributed by atoms with E-state index in [4.69, 9.17) is 5.73 Å². The lowest BCUT2D eigenvalue weighted by molar-refractivity contribution is 0.407. The summed E-state index contributed by atoms with van der Waals surface area (Å²) in [5.74, 6) is 0.834. The first kappa shape index (κ1) is 13.4. The van der Waals surface area contributed by atoms with Gasteiger partial charge in [0.1, 0.15) is 0 Å². The Balaban J connectivity index is 3.71. The average molecular weight is 195 g/mol. The number of rotatable bonds is 9. The van der Waals surface area contributed by atoms with E-state index in [1.54, 1.807) is 0 Å². The van der Waals surface area contributed by atoms with Gasteiger partial charge in [-0.25, -0.2) is 0 Å². The summed E-state index contributed by atoms with van der Waals surface area (Å²) in [6.07, 6.45) is 9.24. The molecule has 1 atom stereocenters. The Bertz CT molecular complexity index is 161. The van der Waals surface area contributed by atoms with Crippen LogP contribution in [0.4, 0.5) is 0 Å². The topological polar surface area (TPSA) is 26.0 Å². The zero-order valence-electron chi connectivity index (χ0n) is 9.60. The number of nitrogens with two attached hydrogens (primary N) is 1. The normalized spacial score (nSPS) is 12.4. The average Bonchev–Trinajstić information content (AvgIpc) is 2.21. The van der Waals surface area contributed by atoms with Crippen molar-refractivity contribution in [1.29, 1.82) is 0 Å². The summed E-state index contributed by atoms with van der Waals surface area (Å²) in [5.41, 5.74) is 6.69. The Morgan fingerprint density at radius 2 is 2.07 bits per heavy atom. The van der Waals surface area contributed by atoms with Crippen LogP contribution >= 0.6 is 0 Å². The lowest BCUT2D eigenvalue weighted by Gasteiger charge is -2.15. The van der Waals surface area contributed by atoms with E-state index in [-0.39, 0.29) is 0 Å². The molecular formula is C13H25N. The van der Waals surface area contributed by atoms with Crippen molar-refractivity contribution in [1.82, 2.24) is 0 Å². The maximum atomic E-state index is 5.52. The van der Waals surface area contributed by atoms with Crippen molar-refractivity contribution in [3.05, 3.63) is 24.8 Å². The van der Waals surface area contributed by atoms with Crippen molar-refractivity contribution >= 4 is 0 Å². The van der Waals surface area contributed by atoms with E-state index in [0.717, 1.165) is 25.3 Å². The highest BCUT2D eigenvalue weighted by molar-refractivity contribution is 5.10. The Morgan fingerprint density at radius 1 is 1.36 bits per heavy atom. The zero-order valence-corrected chi connectivity index (χ0v) is 9.60. The predicted molar refractivity (Wildman–Crippen MR) is 65.3 cm³/mol. The standard InChI is InChI=1S/C13H25N/c1-4-7-13(8-6-11-14)10-9-12(3)5-2/h5,13H,2-4,6-11,14H2,1H3. The number of hydrogen-bond donors (Lipinski definition) is 1. The minimum atomic E-state index is 0.822. The van der Waals surface area contributed by atoms with Gasteiger partial charge in [-0.2, -0.15) is 0 Å². The second kappa shape index (κ2) is 9.01. The van der Waals surface area contributed by atoms with Crippen molar-refractivity contribution < 1.29 is 0 Å². The van der Waals surface area contributed by atoms with E-state index >= 15 is 0 Å². The van der Waals surface area contributed by atoms with Gasteiger partial charge in [-0.05, 0) is 38.1 Å².